The first-order valence-corrected chi connectivity index (χ1v) is 14.6. The number of nitrogens with one attached hydrogen (secondary N) is 1. The number of sulfonamides is 1. The molecule has 14 heteroatoms. The van der Waals surface area contributed by atoms with Gasteiger partial charge in [0.2, 0.25) is 5.91 Å². The lowest BCUT2D eigenvalue weighted by Crippen LogP contribution is -2.39. The van der Waals surface area contributed by atoms with Crippen molar-refractivity contribution in [1.82, 2.24) is 19.6 Å². The lowest BCUT2D eigenvalue weighted by Gasteiger charge is -2.32. The van der Waals surface area contributed by atoms with Crippen molar-refractivity contribution in [3.05, 3.63) is 75.5 Å². The van der Waals surface area contributed by atoms with Crippen LogP contribution in [0, 0.1) is 0 Å². The van der Waals surface area contributed by atoms with Gasteiger partial charge in [-0.3, -0.25) is 14.2 Å². The van der Waals surface area contributed by atoms with Crippen LogP contribution in [0.25, 0.3) is 0 Å². The highest BCUT2D eigenvalue weighted by Crippen LogP contribution is 2.34. The number of hydrogen-bond acceptors (Lipinski definition) is 5. The zero-order chi connectivity index (χ0) is 29.2. The van der Waals surface area contributed by atoms with Crippen molar-refractivity contribution in [2.24, 2.45) is 7.05 Å². The summed E-state index contributed by atoms with van der Waals surface area (Å²) in [6.45, 7) is 2.22. The predicted octanol–water partition coefficient (Wildman–Crippen LogP) is 5.38. The summed E-state index contributed by atoms with van der Waals surface area (Å²) in [5, 5.41) is 4.01. The first kappa shape index (κ1) is 30.2. The van der Waals surface area contributed by atoms with Crippen LogP contribution in [0.4, 0.5) is 18.9 Å². The number of amides is 1. The topological polar surface area (TPSA) is 87.5 Å². The molecule has 1 N–H and O–H groups in total. The summed E-state index contributed by atoms with van der Waals surface area (Å²) in [4.78, 5) is 16.2. The fourth-order valence-electron chi connectivity index (χ4n) is 4.66. The highest BCUT2D eigenvalue weighted by atomic mass is 35.5. The number of nitrogens with zero attached hydrogens (tertiary/aromatic N) is 4. The number of rotatable bonds is 9. The second-order valence-corrected chi connectivity index (χ2v) is 12.2. The number of anilines is 1. The molecule has 0 saturated carbocycles. The normalized spacial score (nSPS) is 15.3. The third-order valence-corrected chi connectivity index (χ3v) is 8.83. The van der Waals surface area contributed by atoms with E-state index in [4.69, 9.17) is 23.2 Å². The Morgan fingerprint density at radius 1 is 1.12 bits per heavy atom. The number of likely N-dealkylation sites (tertiary alicyclic amines) is 1. The fourth-order valence-corrected chi connectivity index (χ4v) is 6.23. The molecule has 0 spiro atoms. The maximum atomic E-state index is 13.4. The molecule has 2 heterocycles. The van der Waals surface area contributed by atoms with Crippen molar-refractivity contribution in [3.8, 4) is 0 Å². The highest BCUT2D eigenvalue weighted by molar-refractivity contribution is 7.92. The molecule has 1 amide bonds. The molecule has 0 bridgehead atoms. The largest absolute Gasteiger partial charge is 0.436 e. The van der Waals surface area contributed by atoms with E-state index in [-0.39, 0.29) is 18.0 Å². The van der Waals surface area contributed by atoms with E-state index < -0.39 is 32.8 Å². The molecule has 1 fully saturated rings. The summed E-state index contributed by atoms with van der Waals surface area (Å²) in [7, 11) is -1.74. The summed E-state index contributed by atoms with van der Waals surface area (Å²) in [5.41, 5.74) is -0.131. The van der Waals surface area contributed by atoms with Crippen LogP contribution in [-0.2, 0) is 34.5 Å². The Balaban J connectivity index is 1.61. The van der Waals surface area contributed by atoms with E-state index in [1.807, 2.05) is 0 Å². The monoisotopic (exact) mass is 617 g/mol. The number of halogens is 5. The van der Waals surface area contributed by atoms with Gasteiger partial charge in [-0.25, -0.2) is 8.42 Å². The van der Waals surface area contributed by atoms with Gasteiger partial charge in [0, 0.05) is 32.5 Å². The molecule has 1 unspecified atom stereocenters. The molecule has 1 saturated heterocycles. The lowest BCUT2D eigenvalue weighted by molar-refractivity contribution is -0.143. The second kappa shape index (κ2) is 12.0. The Morgan fingerprint density at radius 3 is 2.48 bits per heavy atom. The van der Waals surface area contributed by atoms with Gasteiger partial charge in [0.15, 0.2) is 5.69 Å². The minimum atomic E-state index is -4.95. The average molecular weight is 619 g/mol. The highest BCUT2D eigenvalue weighted by Gasteiger charge is 2.41. The van der Waals surface area contributed by atoms with Crippen LogP contribution in [-0.4, -0.2) is 60.6 Å². The van der Waals surface area contributed by atoms with Crippen molar-refractivity contribution in [3.63, 3.8) is 0 Å². The van der Waals surface area contributed by atoms with E-state index in [1.54, 1.807) is 42.3 Å². The number of carbonyl (C=O) groups excluding carboxylic acids is 1. The van der Waals surface area contributed by atoms with E-state index in [0.717, 1.165) is 36.8 Å². The van der Waals surface area contributed by atoms with Gasteiger partial charge in [-0.15, -0.1) is 0 Å². The Hall–Kier alpha value is -2.80. The van der Waals surface area contributed by atoms with Crippen molar-refractivity contribution >= 4 is 44.8 Å². The molecule has 1 aliphatic rings. The molecule has 1 aromatic heterocycles. The molecule has 4 rings (SSSR count). The maximum Gasteiger partial charge on any atom is 0.436 e. The average Bonchev–Trinajstić information content (AvgIpc) is 3.54. The quantitative estimate of drug-likeness (QED) is 0.348. The number of aromatic nitrogens is 2. The van der Waals surface area contributed by atoms with E-state index in [0.29, 0.717) is 27.7 Å². The molecule has 216 valence electrons. The zero-order valence-corrected chi connectivity index (χ0v) is 24.1. The van der Waals surface area contributed by atoms with Crippen LogP contribution >= 0.6 is 23.2 Å². The molecular formula is C26H28Cl2F3N5O3S. The molecule has 1 atom stereocenters. The first-order valence-electron chi connectivity index (χ1n) is 12.4. The van der Waals surface area contributed by atoms with Gasteiger partial charge in [0.25, 0.3) is 10.0 Å². The summed E-state index contributed by atoms with van der Waals surface area (Å²) in [6.07, 6.45) is -2.02. The number of hydrogen-bond donors (Lipinski definition) is 1. The maximum absolute atomic E-state index is 13.4. The summed E-state index contributed by atoms with van der Waals surface area (Å²) >= 11 is 12.1. The van der Waals surface area contributed by atoms with Gasteiger partial charge < -0.3 is 9.80 Å². The summed E-state index contributed by atoms with van der Waals surface area (Å²) in [5.74, 6) is -0.196. The standard InChI is InChI=1S/C26H28Cl2F3N5O3S/c1-34-16-23(25(32-34)26(29,30)31)40(38,39)33-19-7-5-6-18(14-19)22(15-36-10-3-4-11-36)35(2)24(37)13-17-8-9-20(27)21(28)12-17/h5-9,12,14,16,22,33H,3-4,10-11,13,15H2,1-2H3. The number of alkyl halides is 3. The van der Waals surface area contributed by atoms with Gasteiger partial charge in [-0.1, -0.05) is 41.4 Å². The number of aryl methyl sites for hydroxylation is 1. The summed E-state index contributed by atoms with van der Waals surface area (Å²) < 4.78 is 69.3. The third kappa shape index (κ3) is 7.09. The minimum absolute atomic E-state index is 0.0613. The van der Waals surface area contributed by atoms with Crippen molar-refractivity contribution in [2.75, 3.05) is 31.4 Å². The fraction of sp³-hybridized carbons (Fsp3) is 0.385. The molecule has 3 aromatic rings. The van der Waals surface area contributed by atoms with Crippen LogP contribution in [0.15, 0.2) is 53.6 Å². The van der Waals surface area contributed by atoms with Gasteiger partial charge in [0.1, 0.15) is 4.90 Å². The lowest BCUT2D eigenvalue weighted by atomic mass is 10.0. The van der Waals surface area contributed by atoms with E-state index in [9.17, 15) is 26.4 Å². The molecule has 1 aliphatic heterocycles. The van der Waals surface area contributed by atoms with Gasteiger partial charge in [0.05, 0.1) is 22.5 Å². The van der Waals surface area contributed by atoms with Crippen LogP contribution in [0.2, 0.25) is 10.0 Å². The van der Waals surface area contributed by atoms with E-state index in [2.05, 4.69) is 14.7 Å². The Kier molecular flexibility index (Phi) is 9.03. The van der Waals surface area contributed by atoms with Gasteiger partial charge in [-0.05, 0) is 61.3 Å². The molecular weight excluding hydrogens is 590 g/mol. The van der Waals surface area contributed by atoms with Crippen LogP contribution in [0.5, 0.6) is 0 Å². The minimum Gasteiger partial charge on any atom is -0.337 e. The Labute approximate surface area is 240 Å². The third-order valence-electron chi connectivity index (χ3n) is 6.71. The zero-order valence-electron chi connectivity index (χ0n) is 21.8. The van der Waals surface area contributed by atoms with E-state index >= 15 is 0 Å². The van der Waals surface area contributed by atoms with Crippen molar-refractivity contribution in [1.29, 1.82) is 0 Å². The van der Waals surface area contributed by atoms with Gasteiger partial charge >= 0.3 is 6.18 Å². The summed E-state index contributed by atoms with van der Waals surface area (Å²) in [6, 6.07) is 10.8. The van der Waals surface area contributed by atoms with Crippen molar-refractivity contribution in [2.45, 2.75) is 36.4 Å². The van der Waals surface area contributed by atoms with Crippen molar-refractivity contribution < 1.29 is 26.4 Å². The Morgan fingerprint density at radius 2 is 1.82 bits per heavy atom. The Bertz CT molecular complexity index is 1490. The molecule has 8 nitrogen and oxygen atoms in total. The number of carbonyl (C=O) groups is 1. The molecule has 0 aliphatic carbocycles. The predicted molar refractivity (Wildman–Crippen MR) is 147 cm³/mol. The molecule has 40 heavy (non-hydrogen) atoms. The first-order chi connectivity index (χ1) is 18.7. The molecule has 2 aromatic carbocycles. The number of likely N-dealkylation sites (N-methyl/N-ethyl adjacent to an activating group) is 1. The number of benzene rings is 2. The van der Waals surface area contributed by atoms with Crippen LogP contribution in [0.1, 0.15) is 35.7 Å². The smallest absolute Gasteiger partial charge is 0.337 e. The van der Waals surface area contributed by atoms with Crippen LogP contribution in [0.3, 0.4) is 0 Å². The molecule has 0 radical (unpaired) electrons. The van der Waals surface area contributed by atoms with Crippen LogP contribution < -0.4 is 4.72 Å². The van der Waals surface area contributed by atoms with Gasteiger partial charge in [-0.2, -0.15) is 18.3 Å². The SMILES string of the molecule is CN(C(=O)Cc1ccc(Cl)c(Cl)c1)C(CN1CCCC1)c1cccc(NS(=O)(=O)c2cn(C)nc2C(F)(F)F)c1. The van der Waals surface area contributed by atoms with E-state index in [1.165, 1.54) is 19.2 Å². The second-order valence-electron chi connectivity index (χ2n) is 9.70.